The first-order valence-corrected chi connectivity index (χ1v) is 6.41. The van der Waals surface area contributed by atoms with Crippen molar-refractivity contribution >= 4 is 6.03 Å². The number of benzene rings is 1. The zero-order chi connectivity index (χ0) is 13.1. The molecule has 1 saturated heterocycles. The van der Waals surface area contributed by atoms with Crippen molar-refractivity contribution in [3.63, 3.8) is 0 Å². The lowest BCUT2D eigenvalue weighted by Gasteiger charge is -2.17. The number of nitrogens with two attached hydrogens (primary N) is 1. The van der Waals surface area contributed by atoms with Crippen LogP contribution < -0.4 is 11.1 Å². The van der Waals surface area contributed by atoms with E-state index in [0.29, 0.717) is 13.1 Å². The number of rotatable bonds is 2. The molecule has 0 aromatic heterocycles. The zero-order valence-electron chi connectivity index (χ0n) is 11.1. The maximum Gasteiger partial charge on any atom is 0.317 e. The van der Waals surface area contributed by atoms with Crippen molar-refractivity contribution in [2.45, 2.75) is 32.9 Å². The summed E-state index contributed by atoms with van der Waals surface area (Å²) in [5.74, 6) is 0. The van der Waals surface area contributed by atoms with Crippen LogP contribution in [0, 0.1) is 13.8 Å². The van der Waals surface area contributed by atoms with Gasteiger partial charge in [-0.3, -0.25) is 0 Å². The monoisotopic (exact) mass is 247 g/mol. The van der Waals surface area contributed by atoms with Gasteiger partial charge in [0.05, 0.1) is 0 Å². The Balaban J connectivity index is 1.91. The second kappa shape index (κ2) is 5.40. The van der Waals surface area contributed by atoms with Crippen molar-refractivity contribution < 1.29 is 4.79 Å². The molecule has 0 spiro atoms. The second-order valence-corrected chi connectivity index (χ2v) is 5.01. The van der Waals surface area contributed by atoms with E-state index in [1.165, 1.54) is 16.7 Å². The predicted octanol–water partition coefficient (Wildman–Crippen LogP) is 1.55. The highest BCUT2D eigenvalue weighted by Gasteiger charge is 2.23. The third-order valence-electron chi connectivity index (χ3n) is 3.66. The van der Waals surface area contributed by atoms with Crippen molar-refractivity contribution in [1.82, 2.24) is 10.2 Å². The molecule has 1 aromatic carbocycles. The SMILES string of the molecule is Cc1cccc(CNC(=O)N2CC[C@H](N)C2)c1C. The molecule has 1 heterocycles. The molecule has 2 rings (SSSR count). The van der Waals surface area contributed by atoms with E-state index in [1.54, 1.807) is 4.90 Å². The Labute approximate surface area is 108 Å². The van der Waals surface area contributed by atoms with Crippen molar-refractivity contribution in [1.29, 1.82) is 0 Å². The Hall–Kier alpha value is -1.55. The average Bonchev–Trinajstić information content (AvgIpc) is 2.77. The molecule has 0 radical (unpaired) electrons. The molecule has 98 valence electrons. The third-order valence-corrected chi connectivity index (χ3v) is 3.66. The number of amides is 2. The third kappa shape index (κ3) is 2.82. The summed E-state index contributed by atoms with van der Waals surface area (Å²) in [6.07, 6.45) is 0.900. The quantitative estimate of drug-likeness (QED) is 0.833. The van der Waals surface area contributed by atoms with E-state index < -0.39 is 0 Å². The maximum atomic E-state index is 11.9. The van der Waals surface area contributed by atoms with Gasteiger partial charge in [-0.2, -0.15) is 0 Å². The molecule has 1 aliphatic heterocycles. The minimum Gasteiger partial charge on any atom is -0.334 e. The van der Waals surface area contributed by atoms with E-state index in [9.17, 15) is 4.79 Å². The first kappa shape index (κ1) is 12.9. The number of urea groups is 1. The van der Waals surface area contributed by atoms with Gasteiger partial charge in [-0.05, 0) is 37.0 Å². The van der Waals surface area contributed by atoms with E-state index in [4.69, 9.17) is 5.73 Å². The maximum absolute atomic E-state index is 11.9. The predicted molar refractivity (Wildman–Crippen MR) is 72.3 cm³/mol. The van der Waals surface area contributed by atoms with Gasteiger partial charge in [0.15, 0.2) is 0 Å². The first-order valence-electron chi connectivity index (χ1n) is 6.41. The highest BCUT2D eigenvalue weighted by atomic mass is 16.2. The van der Waals surface area contributed by atoms with Crippen molar-refractivity contribution in [2.24, 2.45) is 5.73 Å². The van der Waals surface area contributed by atoms with Crippen LogP contribution in [0.15, 0.2) is 18.2 Å². The lowest BCUT2D eigenvalue weighted by Crippen LogP contribution is -2.39. The van der Waals surface area contributed by atoms with Gasteiger partial charge in [-0.25, -0.2) is 4.79 Å². The minimum absolute atomic E-state index is 0.0103. The van der Waals surface area contributed by atoms with Gasteiger partial charge >= 0.3 is 6.03 Å². The normalized spacial score (nSPS) is 19.1. The number of likely N-dealkylation sites (tertiary alicyclic amines) is 1. The molecule has 1 fully saturated rings. The van der Waals surface area contributed by atoms with Crippen molar-refractivity contribution in [2.75, 3.05) is 13.1 Å². The van der Waals surface area contributed by atoms with Crippen LogP contribution in [0.3, 0.4) is 0 Å². The Morgan fingerprint density at radius 3 is 2.94 bits per heavy atom. The van der Waals surface area contributed by atoms with Gasteiger partial charge in [0.25, 0.3) is 0 Å². The molecule has 0 bridgehead atoms. The standard InChI is InChI=1S/C14H21N3O/c1-10-4-3-5-12(11(10)2)8-16-14(18)17-7-6-13(15)9-17/h3-5,13H,6-9,15H2,1-2H3,(H,16,18)/t13-/m0/s1. The van der Waals surface area contributed by atoms with Crippen molar-refractivity contribution in [3.05, 3.63) is 34.9 Å². The van der Waals surface area contributed by atoms with Gasteiger partial charge in [-0.15, -0.1) is 0 Å². The van der Waals surface area contributed by atoms with E-state index in [2.05, 4.69) is 31.3 Å². The van der Waals surface area contributed by atoms with Crippen LogP contribution in [0.4, 0.5) is 4.79 Å². The van der Waals surface area contributed by atoms with E-state index in [-0.39, 0.29) is 12.1 Å². The summed E-state index contributed by atoms with van der Waals surface area (Å²) in [4.78, 5) is 13.7. The molecule has 1 aromatic rings. The van der Waals surface area contributed by atoms with Gasteiger partial charge < -0.3 is 16.0 Å². The van der Waals surface area contributed by atoms with Crippen LogP contribution in [-0.4, -0.2) is 30.1 Å². The van der Waals surface area contributed by atoms with Crippen LogP contribution in [0.25, 0.3) is 0 Å². The fourth-order valence-corrected chi connectivity index (χ4v) is 2.26. The molecular formula is C14H21N3O. The first-order chi connectivity index (χ1) is 8.58. The molecule has 2 amide bonds. The molecule has 4 heteroatoms. The van der Waals surface area contributed by atoms with Gasteiger partial charge in [-0.1, -0.05) is 18.2 Å². The van der Waals surface area contributed by atoms with E-state index in [0.717, 1.165) is 13.0 Å². The highest BCUT2D eigenvalue weighted by molar-refractivity contribution is 5.74. The second-order valence-electron chi connectivity index (χ2n) is 5.01. The van der Waals surface area contributed by atoms with Crippen LogP contribution >= 0.6 is 0 Å². The molecule has 0 saturated carbocycles. The number of nitrogens with one attached hydrogen (secondary N) is 1. The van der Waals surface area contributed by atoms with E-state index in [1.807, 2.05) is 6.07 Å². The molecule has 3 N–H and O–H groups in total. The number of hydrogen-bond acceptors (Lipinski definition) is 2. The molecule has 1 atom stereocenters. The summed E-state index contributed by atoms with van der Waals surface area (Å²) in [6.45, 7) is 6.18. The van der Waals surface area contributed by atoms with Gasteiger partial charge in [0.2, 0.25) is 0 Å². The lowest BCUT2D eigenvalue weighted by molar-refractivity contribution is 0.208. The van der Waals surface area contributed by atoms with Crippen LogP contribution in [0.5, 0.6) is 0 Å². The van der Waals surface area contributed by atoms with Crippen molar-refractivity contribution in [3.8, 4) is 0 Å². The van der Waals surface area contributed by atoms with Gasteiger partial charge in [0, 0.05) is 25.7 Å². The molecule has 1 aliphatic rings. The molecular weight excluding hydrogens is 226 g/mol. The number of hydrogen-bond donors (Lipinski definition) is 2. The molecule has 18 heavy (non-hydrogen) atoms. The van der Waals surface area contributed by atoms with Crippen LogP contribution in [-0.2, 0) is 6.54 Å². The number of carbonyl (C=O) groups excluding carboxylic acids is 1. The summed E-state index contributed by atoms with van der Waals surface area (Å²) in [7, 11) is 0. The molecule has 0 aliphatic carbocycles. The summed E-state index contributed by atoms with van der Waals surface area (Å²) in [5.41, 5.74) is 9.47. The Morgan fingerprint density at radius 2 is 2.28 bits per heavy atom. The summed E-state index contributed by atoms with van der Waals surface area (Å²) in [6, 6.07) is 6.29. The lowest BCUT2D eigenvalue weighted by atomic mass is 10.0. The van der Waals surface area contributed by atoms with Crippen LogP contribution in [0.1, 0.15) is 23.1 Å². The fraction of sp³-hybridized carbons (Fsp3) is 0.500. The number of aryl methyl sites for hydroxylation is 1. The zero-order valence-corrected chi connectivity index (χ0v) is 11.1. The van der Waals surface area contributed by atoms with Gasteiger partial charge in [0.1, 0.15) is 0 Å². The number of nitrogens with zero attached hydrogens (tertiary/aromatic N) is 1. The van der Waals surface area contributed by atoms with E-state index >= 15 is 0 Å². The summed E-state index contributed by atoms with van der Waals surface area (Å²) < 4.78 is 0. The average molecular weight is 247 g/mol. The smallest absolute Gasteiger partial charge is 0.317 e. The molecule has 0 unspecified atom stereocenters. The molecule has 4 nitrogen and oxygen atoms in total. The minimum atomic E-state index is -0.0103. The summed E-state index contributed by atoms with van der Waals surface area (Å²) >= 11 is 0. The Bertz CT molecular complexity index is 445. The fourth-order valence-electron chi connectivity index (χ4n) is 2.26. The van der Waals surface area contributed by atoms with Crippen LogP contribution in [0.2, 0.25) is 0 Å². The Morgan fingerprint density at radius 1 is 1.50 bits per heavy atom. The Kier molecular flexibility index (Phi) is 3.87. The topological polar surface area (TPSA) is 58.4 Å². The highest BCUT2D eigenvalue weighted by Crippen LogP contribution is 2.13. The summed E-state index contributed by atoms with van der Waals surface area (Å²) in [5, 5.41) is 2.96. The number of carbonyl (C=O) groups is 1. The largest absolute Gasteiger partial charge is 0.334 e.